The zero-order valence-electron chi connectivity index (χ0n) is 12.5. The summed E-state index contributed by atoms with van der Waals surface area (Å²) < 4.78 is 1.66. The minimum atomic E-state index is -0.0666. The van der Waals surface area contributed by atoms with E-state index in [1.54, 1.807) is 10.9 Å². The molecule has 0 radical (unpaired) electrons. The molecule has 1 aromatic carbocycles. The van der Waals surface area contributed by atoms with Crippen LogP contribution in [0.4, 0.5) is 0 Å². The fourth-order valence-corrected chi connectivity index (χ4v) is 2.28. The number of aryl methyl sites for hydroxylation is 3. The van der Waals surface area contributed by atoms with Gasteiger partial charge in [-0.1, -0.05) is 36.8 Å². The predicted octanol–water partition coefficient (Wildman–Crippen LogP) is 2.92. The zero-order valence-corrected chi connectivity index (χ0v) is 12.5. The molecule has 1 heterocycles. The molecular weight excluding hydrogens is 250 g/mol. The van der Waals surface area contributed by atoms with Gasteiger partial charge >= 0.3 is 0 Å². The van der Waals surface area contributed by atoms with Crippen LogP contribution in [0.5, 0.6) is 0 Å². The summed E-state index contributed by atoms with van der Waals surface area (Å²) in [5.41, 5.74) is 3.74. The summed E-state index contributed by atoms with van der Waals surface area (Å²) in [7, 11) is 1.82. The van der Waals surface area contributed by atoms with Gasteiger partial charge in [-0.25, -0.2) is 0 Å². The second kappa shape index (κ2) is 5.90. The molecule has 106 valence electrons. The van der Waals surface area contributed by atoms with E-state index >= 15 is 0 Å². The minimum absolute atomic E-state index is 0.0303. The molecule has 0 aliphatic heterocycles. The molecule has 4 heteroatoms. The normalized spacial score (nSPS) is 12.2. The molecule has 4 nitrogen and oxygen atoms in total. The highest BCUT2D eigenvalue weighted by Gasteiger charge is 2.17. The average Bonchev–Trinajstić information content (AvgIpc) is 2.76. The van der Waals surface area contributed by atoms with Gasteiger partial charge in [-0.2, -0.15) is 5.10 Å². The lowest BCUT2D eigenvalue weighted by atomic mass is 10.0. The highest BCUT2D eigenvalue weighted by atomic mass is 16.1. The summed E-state index contributed by atoms with van der Waals surface area (Å²) in [5.74, 6) is -0.0666. The Balaban J connectivity index is 2.16. The van der Waals surface area contributed by atoms with E-state index < -0.39 is 0 Å². The van der Waals surface area contributed by atoms with Crippen LogP contribution >= 0.6 is 0 Å². The number of amides is 1. The van der Waals surface area contributed by atoms with Crippen LogP contribution in [-0.4, -0.2) is 15.7 Å². The number of hydrogen-bond acceptors (Lipinski definition) is 2. The van der Waals surface area contributed by atoms with Gasteiger partial charge in [0.05, 0.1) is 17.3 Å². The first-order valence-electron chi connectivity index (χ1n) is 6.89. The first-order valence-corrected chi connectivity index (χ1v) is 6.89. The van der Waals surface area contributed by atoms with Crippen LogP contribution in [0.1, 0.15) is 46.6 Å². The molecule has 2 rings (SSSR count). The van der Waals surface area contributed by atoms with Gasteiger partial charge in [0, 0.05) is 13.2 Å². The van der Waals surface area contributed by atoms with Crippen molar-refractivity contribution >= 4 is 5.91 Å². The summed E-state index contributed by atoms with van der Waals surface area (Å²) >= 11 is 0. The molecule has 0 saturated carbocycles. The van der Waals surface area contributed by atoms with E-state index in [1.165, 1.54) is 5.56 Å². The van der Waals surface area contributed by atoms with Crippen molar-refractivity contribution in [3.05, 3.63) is 52.8 Å². The zero-order chi connectivity index (χ0) is 14.7. The Morgan fingerprint density at radius 2 is 1.95 bits per heavy atom. The second-order valence-corrected chi connectivity index (χ2v) is 5.15. The molecular formula is C16H21N3O. The Bertz CT molecular complexity index is 599. The van der Waals surface area contributed by atoms with Crippen molar-refractivity contribution in [2.24, 2.45) is 7.05 Å². The first kappa shape index (κ1) is 14.3. The van der Waals surface area contributed by atoms with Crippen LogP contribution in [0.25, 0.3) is 0 Å². The van der Waals surface area contributed by atoms with Crippen molar-refractivity contribution in [3.63, 3.8) is 0 Å². The van der Waals surface area contributed by atoms with Crippen LogP contribution < -0.4 is 5.32 Å². The van der Waals surface area contributed by atoms with Gasteiger partial charge < -0.3 is 5.32 Å². The van der Waals surface area contributed by atoms with E-state index in [9.17, 15) is 4.79 Å². The second-order valence-electron chi connectivity index (χ2n) is 5.15. The third kappa shape index (κ3) is 3.07. The molecule has 0 aliphatic rings. The van der Waals surface area contributed by atoms with E-state index in [0.29, 0.717) is 5.56 Å². The number of aromatic nitrogens is 2. The van der Waals surface area contributed by atoms with E-state index in [4.69, 9.17) is 0 Å². The van der Waals surface area contributed by atoms with E-state index in [-0.39, 0.29) is 11.9 Å². The largest absolute Gasteiger partial charge is 0.345 e. The summed E-state index contributed by atoms with van der Waals surface area (Å²) in [6.45, 7) is 5.98. The molecule has 1 aromatic heterocycles. The van der Waals surface area contributed by atoms with E-state index in [1.807, 2.05) is 14.0 Å². The maximum absolute atomic E-state index is 12.3. The average molecular weight is 271 g/mol. The van der Waals surface area contributed by atoms with Crippen molar-refractivity contribution in [1.29, 1.82) is 0 Å². The predicted molar refractivity (Wildman–Crippen MR) is 79.6 cm³/mol. The lowest BCUT2D eigenvalue weighted by Gasteiger charge is -2.17. The van der Waals surface area contributed by atoms with Crippen LogP contribution in [-0.2, 0) is 7.05 Å². The van der Waals surface area contributed by atoms with Crippen LogP contribution in [0.3, 0.4) is 0 Å². The molecule has 0 spiro atoms. The number of benzene rings is 1. The quantitative estimate of drug-likeness (QED) is 0.929. The number of rotatable bonds is 4. The van der Waals surface area contributed by atoms with Crippen molar-refractivity contribution in [3.8, 4) is 0 Å². The maximum Gasteiger partial charge on any atom is 0.255 e. The van der Waals surface area contributed by atoms with Crippen LogP contribution in [0.15, 0.2) is 30.5 Å². The van der Waals surface area contributed by atoms with Gasteiger partial charge in [0.15, 0.2) is 0 Å². The lowest BCUT2D eigenvalue weighted by molar-refractivity contribution is 0.0935. The molecule has 0 bridgehead atoms. The Kier molecular flexibility index (Phi) is 4.23. The van der Waals surface area contributed by atoms with Crippen molar-refractivity contribution < 1.29 is 4.79 Å². The fraction of sp³-hybridized carbons (Fsp3) is 0.375. The van der Waals surface area contributed by atoms with Gasteiger partial charge in [-0.15, -0.1) is 0 Å². The molecule has 1 unspecified atom stereocenters. The summed E-state index contributed by atoms with van der Waals surface area (Å²) in [6, 6.07) is 8.31. The van der Waals surface area contributed by atoms with Crippen molar-refractivity contribution in [1.82, 2.24) is 15.1 Å². The van der Waals surface area contributed by atoms with Gasteiger partial charge in [0.2, 0.25) is 0 Å². The summed E-state index contributed by atoms with van der Waals surface area (Å²) in [5, 5.41) is 7.29. The molecule has 1 atom stereocenters. The number of nitrogens with one attached hydrogen (secondary N) is 1. The summed E-state index contributed by atoms with van der Waals surface area (Å²) in [6.07, 6.45) is 2.61. The molecule has 0 fully saturated rings. The first-order chi connectivity index (χ1) is 9.51. The number of nitrogens with zero attached hydrogens (tertiary/aromatic N) is 2. The highest BCUT2D eigenvalue weighted by molar-refractivity contribution is 5.95. The van der Waals surface area contributed by atoms with Crippen molar-refractivity contribution in [2.45, 2.75) is 33.2 Å². The summed E-state index contributed by atoms with van der Waals surface area (Å²) in [4.78, 5) is 12.3. The third-order valence-corrected chi connectivity index (χ3v) is 3.45. The van der Waals surface area contributed by atoms with Gasteiger partial charge in [0.1, 0.15) is 0 Å². The van der Waals surface area contributed by atoms with Crippen LogP contribution in [0.2, 0.25) is 0 Å². The lowest BCUT2D eigenvalue weighted by Crippen LogP contribution is -2.28. The van der Waals surface area contributed by atoms with Crippen molar-refractivity contribution in [2.75, 3.05) is 0 Å². The van der Waals surface area contributed by atoms with E-state index in [2.05, 4.69) is 48.5 Å². The topological polar surface area (TPSA) is 46.9 Å². The molecule has 0 aliphatic carbocycles. The Morgan fingerprint density at radius 1 is 1.30 bits per heavy atom. The number of carbonyl (C=O) groups excluding carboxylic acids is 1. The molecule has 0 saturated heterocycles. The Hall–Kier alpha value is -2.10. The highest BCUT2D eigenvalue weighted by Crippen LogP contribution is 2.18. The molecule has 2 aromatic rings. The van der Waals surface area contributed by atoms with Gasteiger partial charge in [-0.3, -0.25) is 9.48 Å². The molecule has 1 amide bonds. The molecule has 20 heavy (non-hydrogen) atoms. The minimum Gasteiger partial charge on any atom is -0.345 e. The van der Waals surface area contributed by atoms with Gasteiger partial charge in [-0.05, 0) is 25.8 Å². The third-order valence-electron chi connectivity index (χ3n) is 3.45. The number of carbonyl (C=O) groups is 1. The molecule has 1 N–H and O–H groups in total. The maximum atomic E-state index is 12.3. The fourth-order valence-electron chi connectivity index (χ4n) is 2.28. The number of hydrogen-bond donors (Lipinski definition) is 1. The Labute approximate surface area is 119 Å². The SMILES string of the molecule is CCC(NC(=O)c1cn(C)nc1C)c1ccc(C)cc1. The van der Waals surface area contributed by atoms with Gasteiger partial charge in [0.25, 0.3) is 5.91 Å². The monoisotopic (exact) mass is 271 g/mol. The van der Waals surface area contributed by atoms with Crippen LogP contribution in [0, 0.1) is 13.8 Å². The Morgan fingerprint density at radius 3 is 2.45 bits per heavy atom. The van der Waals surface area contributed by atoms with E-state index in [0.717, 1.165) is 17.7 Å². The standard InChI is InChI=1S/C16H21N3O/c1-5-15(13-8-6-11(2)7-9-13)17-16(20)14-10-19(4)18-12(14)3/h6-10,15H,5H2,1-4H3,(H,17,20). The smallest absolute Gasteiger partial charge is 0.255 e.